The van der Waals surface area contributed by atoms with Crippen molar-refractivity contribution in [3.05, 3.63) is 35.4 Å². The van der Waals surface area contributed by atoms with Crippen LogP contribution in [-0.4, -0.2) is 39.8 Å². The van der Waals surface area contributed by atoms with E-state index in [-0.39, 0.29) is 5.91 Å². The number of carbonyl (C=O) groups excluding carboxylic acids is 1. The molecule has 1 amide bonds. The normalized spacial score (nSPS) is 18.0. The van der Waals surface area contributed by atoms with Crippen molar-refractivity contribution in [2.45, 2.75) is 44.0 Å². The zero-order chi connectivity index (χ0) is 18.4. The molecule has 5 nitrogen and oxygen atoms in total. The van der Waals surface area contributed by atoms with E-state index in [2.05, 4.69) is 46.4 Å². The third-order valence-corrected chi connectivity index (χ3v) is 6.60. The number of hydrogen-bond donors (Lipinski definition) is 1. The van der Waals surface area contributed by atoms with E-state index in [1.165, 1.54) is 36.3 Å². The molecule has 2 heterocycles. The number of rotatable bonds is 7. The quantitative estimate of drug-likeness (QED) is 0.556. The van der Waals surface area contributed by atoms with Crippen LogP contribution < -0.4 is 5.32 Å². The predicted octanol–water partition coefficient (Wildman–Crippen LogP) is 4.52. The Hall–Kier alpha value is -1.44. The molecule has 0 radical (unpaired) electrons. The van der Waals surface area contributed by atoms with E-state index in [9.17, 15) is 4.79 Å². The second-order valence-electron chi connectivity index (χ2n) is 6.86. The number of nitrogens with one attached hydrogen (secondary N) is 1. The van der Waals surface area contributed by atoms with Gasteiger partial charge >= 0.3 is 0 Å². The smallest absolute Gasteiger partial charge is 0.257 e. The number of hydrogen-bond acceptors (Lipinski definition) is 6. The van der Waals surface area contributed by atoms with Crippen LogP contribution in [0.15, 0.2) is 28.6 Å². The van der Waals surface area contributed by atoms with Crippen LogP contribution in [0.5, 0.6) is 0 Å². The maximum absolute atomic E-state index is 12.4. The van der Waals surface area contributed by atoms with E-state index in [1.54, 1.807) is 11.8 Å². The van der Waals surface area contributed by atoms with Gasteiger partial charge in [0.2, 0.25) is 5.13 Å². The lowest BCUT2D eigenvalue weighted by Crippen LogP contribution is -2.33. The molecule has 7 heteroatoms. The van der Waals surface area contributed by atoms with Gasteiger partial charge in [-0.2, -0.15) is 0 Å². The molecule has 1 N–H and O–H groups in total. The van der Waals surface area contributed by atoms with Crippen LogP contribution in [0.4, 0.5) is 5.13 Å². The summed E-state index contributed by atoms with van der Waals surface area (Å²) in [4.78, 5) is 14.9. The lowest BCUT2D eigenvalue weighted by atomic mass is 9.99. The molecular weight excluding hydrogens is 364 g/mol. The fraction of sp³-hybridized carbons (Fsp3) is 0.526. The van der Waals surface area contributed by atoms with E-state index in [0.29, 0.717) is 10.7 Å². The molecule has 1 aliphatic rings. The topological polar surface area (TPSA) is 58.1 Å². The summed E-state index contributed by atoms with van der Waals surface area (Å²) in [6.07, 6.45) is 3.70. The molecule has 140 valence electrons. The molecule has 0 spiro atoms. The van der Waals surface area contributed by atoms with Gasteiger partial charge in [0.05, 0.1) is 0 Å². The Labute approximate surface area is 163 Å². The molecule has 0 bridgehead atoms. The molecule has 0 saturated carbocycles. The Morgan fingerprint density at radius 3 is 2.88 bits per heavy atom. The van der Waals surface area contributed by atoms with Crippen molar-refractivity contribution in [2.24, 2.45) is 5.92 Å². The average Bonchev–Trinajstić information content (AvgIpc) is 3.08. The molecule has 0 unspecified atom stereocenters. The van der Waals surface area contributed by atoms with Gasteiger partial charge in [-0.05, 0) is 49.4 Å². The van der Waals surface area contributed by atoms with Crippen molar-refractivity contribution in [1.29, 1.82) is 0 Å². The first-order chi connectivity index (χ1) is 12.6. The number of thioether (sulfide) groups is 1. The SMILES string of the molecule is CCCSc1nnc(NC(=O)c2ccc(CN3CCC[C@H](C)C3)cc2)s1. The van der Waals surface area contributed by atoms with Gasteiger partial charge in [0.25, 0.3) is 5.91 Å². The molecule has 1 saturated heterocycles. The second-order valence-corrected chi connectivity index (χ2v) is 9.17. The monoisotopic (exact) mass is 390 g/mol. The van der Waals surface area contributed by atoms with Crippen LogP contribution in [0.3, 0.4) is 0 Å². The molecular formula is C19H26N4OS2. The van der Waals surface area contributed by atoms with Crippen molar-refractivity contribution in [3.8, 4) is 0 Å². The van der Waals surface area contributed by atoms with E-state index >= 15 is 0 Å². The van der Waals surface area contributed by atoms with E-state index in [4.69, 9.17) is 0 Å². The first kappa shape index (κ1) is 19.3. The van der Waals surface area contributed by atoms with Crippen molar-refractivity contribution in [1.82, 2.24) is 15.1 Å². The van der Waals surface area contributed by atoms with E-state index in [0.717, 1.165) is 35.5 Å². The summed E-state index contributed by atoms with van der Waals surface area (Å²) in [5.41, 5.74) is 1.91. The molecule has 1 aromatic heterocycles. The second kappa shape index (κ2) is 9.48. The molecule has 26 heavy (non-hydrogen) atoms. The highest BCUT2D eigenvalue weighted by atomic mass is 32.2. The van der Waals surface area contributed by atoms with Gasteiger partial charge in [-0.1, -0.05) is 49.1 Å². The summed E-state index contributed by atoms with van der Waals surface area (Å²) < 4.78 is 0.897. The Kier molecular flexibility index (Phi) is 7.05. The third-order valence-electron chi connectivity index (χ3n) is 4.42. The predicted molar refractivity (Wildman–Crippen MR) is 109 cm³/mol. The summed E-state index contributed by atoms with van der Waals surface area (Å²) in [6.45, 7) is 7.74. The van der Waals surface area contributed by atoms with Crippen molar-refractivity contribution in [2.75, 3.05) is 24.2 Å². The Morgan fingerprint density at radius 1 is 1.35 bits per heavy atom. The third kappa shape index (κ3) is 5.53. The van der Waals surface area contributed by atoms with Crippen LogP contribution in [0.1, 0.15) is 49.0 Å². The van der Waals surface area contributed by atoms with Crippen molar-refractivity contribution in [3.63, 3.8) is 0 Å². The lowest BCUT2D eigenvalue weighted by Gasteiger charge is -2.30. The van der Waals surface area contributed by atoms with Crippen molar-refractivity contribution >= 4 is 34.1 Å². The fourth-order valence-electron chi connectivity index (χ4n) is 3.13. The van der Waals surface area contributed by atoms with E-state index < -0.39 is 0 Å². The number of piperidine rings is 1. The number of likely N-dealkylation sites (tertiary alicyclic amines) is 1. The van der Waals surface area contributed by atoms with Crippen LogP contribution in [0, 0.1) is 5.92 Å². The highest BCUT2D eigenvalue weighted by Gasteiger charge is 2.16. The number of carbonyl (C=O) groups is 1. The maximum atomic E-state index is 12.4. The van der Waals surface area contributed by atoms with Gasteiger partial charge in [-0.25, -0.2) is 0 Å². The minimum Gasteiger partial charge on any atom is -0.299 e. The van der Waals surface area contributed by atoms with Gasteiger partial charge in [-0.15, -0.1) is 10.2 Å². The van der Waals surface area contributed by atoms with Gasteiger partial charge in [0.1, 0.15) is 0 Å². The number of benzene rings is 1. The Balaban J connectivity index is 1.54. The van der Waals surface area contributed by atoms with Crippen LogP contribution in [-0.2, 0) is 6.54 Å². The van der Waals surface area contributed by atoms with Gasteiger partial charge < -0.3 is 0 Å². The highest BCUT2D eigenvalue weighted by Crippen LogP contribution is 2.26. The summed E-state index contributed by atoms with van der Waals surface area (Å²) in [7, 11) is 0. The lowest BCUT2D eigenvalue weighted by molar-refractivity contribution is 0.102. The van der Waals surface area contributed by atoms with Gasteiger partial charge in [0.15, 0.2) is 4.34 Å². The summed E-state index contributed by atoms with van der Waals surface area (Å²) in [5, 5.41) is 11.5. The molecule has 1 fully saturated rings. The number of anilines is 1. The minimum absolute atomic E-state index is 0.133. The molecule has 2 aromatic rings. The highest BCUT2D eigenvalue weighted by molar-refractivity contribution is 8.01. The molecule has 1 aromatic carbocycles. The maximum Gasteiger partial charge on any atom is 0.257 e. The average molecular weight is 391 g/mol. The summed E-state index contributed by atoms with van der Waals surface area (Å²) in [5.74, 6) is 1.66. The van der Waals surface area contributed by atoms with E-state index in [1.807, 2.05) is 12.1 Å². The summed E-state index contributed by atoms with van der Waals surface area (Å²) >= 11 is 3.10. The molecule has 1 atom stereocenters. The van der Waals surface area contributed by atoms with Crippen LogP contribution in [0.2, 0.25) is 0 Å². The zero-order valence-electron chi connectivity index (χ0n) is 15.4. The first-order valence-corrected chi connectivity index (χ1v) is 11.0. The first-order valence-electron chi connectivity index (χ1n) is 9.23. The Bertz CT molecular complexity index is 717. The standard InChI is InChI=1S/C19H26N4OS2/c1-3-11-25-19-22-21-18(26-19)20-17(24)16-8-6-15(7-9-16)13-23-10-4-5-14(2)12-23/h6-9,14H,3-5,10-13H2,1-2H3,(H,20,21,24)/t14-/m0/s1. The Morgan fingerprint density at radius 2 is 2.15 bits per heavy atom. The zero-order valence-corrected chi connectivity index (χ0v) is 17.0. The number of nitrogens with zero attached hydrogens (tertiary/aromatic N) is 3. The van der Waals surface area contributed by atoms with Crippen molar-refractivity contribution < 1.29 is 4.79 Å². The minimum atomic E-state index is -0.133. The van der Waals surface area contributed by atoms with Gasteiger partial charge in [0, 0.05) is 24.4 Å². The van der Waals surface area contributed by atoms with Gasteiger partial charge in [-0.3, -0.25) is 15.0 Å². The number of amides is 1. The van der Waals surface area contributed by atoms with Crippen LogP contribution in [0.25, 0.3) is 0 Å². The van der Waals surface area contributed by atoms with Crippen LogP contribution >= 0.6 is 23.1 Å². The molecule has 1 aliphatic heterocycles. The largest absolute Gasteiger partial charge is 0.299 e. The summed E-state index contributed by atoms with van der Waals surface area (Å²) in [6, 6.07) is 7.89. The molecule has 0 aliphatic carbocycles. The molecule has 3 rings (SSSR count). The number of aromatic nitrogens is 2. The fourth-order valence-corrected chi connectivity index (χ4v) is 4.80.